The second kappa shape index (κ2) is 10.6. The summed E-state index contributed by atoms with van der Waals surface area (Å²) in [4.78, 5) is 40.4. The molecule has 10 nitrogen and oxygen atoms in total. The first kappa shape index (κ1) is 27.8. The molecule has 0 radical (unpaired) electrons. The van der Waals surface area contributed by atoms with Gasteiger partial charge in [-0.15, -0.1) is 0 Å². The highest BCUT2D eigenvalue weighted by molar-refractivity contribution is 7.98. The Morgan fingerprint density at radius 1 is 1.23 bits per heavy atom. The van der Waals surface area contributed by atoms with Gasteiger partial charge in [0.25, 0.3) is 5.91 Å². The van der Waals surface area contributed by atoms with Crippen molar-refractivity contribution >= 4 is 35.1 Å². The highest BCUT2D eigenvalue weighted by atomic mass is 32.2. The van der Waals surface area contributed by atoms with Crippen molar-refractivity contribution in [3.63, 3.8) is 0 Å². The number of rotatable bonds is 5. The largest absolute Gasteiger partial charge is 0.492 e. The number of likely N-dealkylation sites (tertiary alicyclic amines) is 1. The van der Waals surface area contributed by atoms with E-state index in [4.69, 9.17) is 9.47 Å². The molecule has 1 saturated heterocycles. The minimum Gasteiger partial charge on any atom is -0.492 e. The molecule has 2 aromatic heterocycles. The fourth-order valence-electron chi connectivity index (χ4n) is 5.27. The summed E-state index contributed by atoms with van der Waals surface area (Å²) in [5, 5.41) is 6.91. The molecule has 4 heterocycles. The summed E-state index contributed by atoms with van der Waals surface area (Å²) >= 11 is 1.40. The Bertz CT molecular complexity index is 1450. The highest BCUT2D eigenvalue weighted by Crippen LogP contribution is 2.46. The molecule has 2 aliphatic heterocycles. The summed E-state index contributed by atoms with van der Waals surface area (Å²) < 4.78 is 25.5. The molecular weight excluding hydrogens is 535 g/mol. The van der Waals surface area contributed by atoms with Crippen molar-refractivity contribution in [1.82, 2.24) is 25.2 Å². The quantitative estimate of drug-likeness (QED) is 0.287. The number of aromatic nitrogens is 3. The molecule has 12 heteroatoms. The van der Waals surface area contributed by atoms with Crippen molar-refractivity contribution < 1.29 is 23.5 Å². The minimum atomic E-state index is -0.585. The van der Waals surface area contributed by atoms with Gasteiger partial charge in [0.1, 0.15) is 5.60 Å². The summed E-state index contributed by atoms with van der Waals surface area (Å²) in [6, 6.07) is 6.34. The minimum absolute atomic E-state index is 0.0347. The zero-order valence-electron chi connectivity index (χ0n) is 23.2. The summed E-state index contributed by atoms with van der Waals surface area (Å²) in [6.07, 6.45) is 4.43. The highest BCUT2D eigenvalue weighted by Gasteiger charge is 2.46. The van der Waals surface area contributed by atoms with Gasteiger partial charge in [-0.25, -0.2) is 19.2 Å². The van der Waals surface area contributed by atoms with Crippen molar-refractivity contribution in [2.75, 3.05) is 38.3 Å². The van der Waals surface area contributed by atoms with Gasteiger partial charge < -0.3 is 30.0 Å². The van der Waals surface area contributed by atoms with Gasteiger partial charge in [0.2, 0.25) is 0 Å². The van der Waals surface area contributed by atoms with Gasteiger partial charge in [-0.05, 0) is 58.1 Å². The number of carbonyl (C=O) groups excluding carboxylic acids is 2. The molecule has 5 rings (SSSR count). The summed E-state index contributed by atoms with van der Waals surface area (Å²) in [5.74, 6) is -0.747. The third kappa shape index (κ3) is 5.19. The van der Waals surface area contributed by atoms with E-state index in [0.29, 0.717) is 66.0 Å². The van der Waals surface area contributed by atoms with E-state index in [0.717, 1.165) is 5.69 Å². The van der Waals surface area contributed by atoms with Gasteiger partial charge in [-0.3, -0.25) is 4.79 Å². The Kier molecular flexibility index (Phi) is 7.38. The number of benzene rings is 1. The predicted octanol–water partition coefficient (Wildman–Crippen LogP) is 5.10. The lowest BCUT2D eigenvalue weighted by atomic mass is 9.72. The van der Waals surface area contributed by atoms with Gasteiger partial charge in [-0.2, -0.15) is 0 Å². The Morgan fingerprint density at radius 3 is 2.65 bits per heavy atom. The number of fused-ring (bicyclic) bond motifs is 2. The van der Waals surface area contributed by atoms with E-state index in [1.807, 2.05) is 27.0 Å². The van der Waals surface area contributed by atoms with Crippen LogP contribution in [-0.4, -0.2) is 70.5 Å². The van der Waals surface area contributed by atoms with Crippen LogP contribution in [0, 0.1) is 5.82 Å². The third-order valence-corrected chi connectivity index (χ3v) is 7.78. The Morgan fingerprint density at radius 2 is 1.98 bits per heavy atom. The zero-order chi connectivity index (χ0) is 28.7. The molecule has 2 amide bonds. The van der Waals surface area contributed by atoms with Crippen LogP contribution in [0.5, 0.6) is 5.75 Å². The van der Waals surface area contributed by atoms with E-state index in [1.165, 1.54) is 24.9 Å². The van der Waals surface area contributed by atoms with Crippen molar-refractivity contribution in [2.24, 2.45) is 0 Å². The van der Waals surface area contributed by atoms with Gasteiger partial charge in [0.05, 0.1) is 35.4 Å². The number of nitrogens with zero attached hydrogens (tertiary/aromatic N) is 3. The van der Waals surface area contributed by atoms with E-state index < -0.39 is 16.8 Å². The first-order valence-electron chi connectivity index (χ1n) is 13.0. The molecule has 1 aromatic carbocycles. The standard InChI is InChI=1S/C28H33FN6O4S/c1-27(2,3)39-26(37)35-13-10-28(11-14-35)15-31-24(36)19-21(32-18-8-6-7-16(29)22(18)38-4)20(34-23(19)28)17-9-12-30-25(33-17)40-5/h6-9,12,32,34H,10-11,13-15H2,1-5H3,(H,31,36). The van der Waals surface area contributed by atoms with Crippen LogP contribution in [0.1, 0.15) is 49.7 Å². The molecule has 0 aliphatic carbocycles. The maximum atomic E-state index is 14.6. The first-order valence-corrected chi connectivity index (χ1v) is 14.3. The summed E-state index contributed by atoms with van der Waals surface area (Å²) in [5.41, 5.74) is 2.17. The van der Waals surface area contributed by atoms with Crippen LogP contribution >= 0.6 is 11.8 Å². The number of hydrogen-bond acceptors (Lipinski definition) is 8. The maximum absolute atomic E-state index is 14.6. The Balaban J connectivity index is 1.59. The number of aromatic amines is 1. The molecule has 0 atom stereocenters. The number of thioether (sulfide) groups is 1. The average Bonchev–Trinajstić information content (AvgIpc) is 3.31. The number of hydrogen-bond donors (Lipinski definition) is 3. The molecule has 1 spiro atoms. The molecule has 3 N–H and O–H groups in total. The van der Waals surface area contributed by atoms with Crippen LogP contribution in [0.4, 0.5) is 20.6 Å². The lowest BCUT2D eigenvalue weighted by molar-refractivity contribution is 0.0156. The number of nitrogens with one attached hydrogen (secondary N) is 3. The molecule has 0 unspecified atom stereocenters. The van der Waals surface area contributed by atoms with Crippen molar-refractivity contribution in [3.05, 3.63) is 47.5 Å². The molecule has 2 aliphatic rings. The number of H-pyrrole nitrogens is 1. The predicted molar refractivity (Wildman–Crippen MR) is 151 cm³/mol. The number of carbonyl (C=O) groups is 2. The summed E-state index contributed by atoms with van der Waals surface area (Å²) in [7, 11) is 1.40. The molecule has 40 heavy (non-hydrogen) atoms. The van der Waals surface area contributed by atoms with E-state index in [1.54, 1.807) is 29.3 Å². The van der Waals surface area contributed by atoms with E-state index in [2.05, 4.69) is 25.6 Å². The number of methoxy groups -OCH3 is 1. The SMILES string of the molecule is COc1c(F)cccc1Nc1c(-c2ccnc(SC)n2)[nH]c2c1C(=O)NCC21CCN(C(=O)OC(C)(C)C)CC1. The number of halogens is 1. The fraction of sp³-hybridized carbons (Fsp3) is 0.429. The second-order valence-electron chi connectivity index (χ2n) is 10.9. The third-order valence-electron chi connectivity index (χ3n) is 7.22. The zero-order valence-corrected chi connectivity index (χ0v) is 24.0. The van der Waals surface area contributed by atoms with Crippen LogP contribution < -0.4 is 15.4 Å². The van der Waals surface area contributed by atoms with Crippen LogP contribution in [0.3, 0.4) is 0 Å². The fourth-order valence-corrected chi connectivity index (χ4v) is 5.62. The number of ether oxygens (including phenoxy) is 2. The second-order valence-corrected chi connectivity index (χ2v) is 11.7. The summed E-state index contributed by atoms with van der Waals surface area (Å²) in [6.45, 7) is 6.91. The van der Waals surface area contributed by atoms with Crippen LogP contribution in [0.2, 0.25) is 0 Å². The Hall–Kier alpha value is -3.80. The number of piperidine rings is 1. The van der Waals surface area contributed by atoms with Gasteiger partial charge in [0.15, 0.2) is 16.7 Å². The van der Waals surface area contributed by atoms with E-state index in [9.17, 15) is 14.0 Å². The van der Waals surface area contributed by atoms with Crippen LogP contribution in [0.15, 0.2) is 35.6 Å². The van der Waals surface area contributed by atoms with Crippen molar-refractivity contribution in [3.8, 4) is 17.1 Å². The van der Waals surface area contributed by atoms with Gasteiger partial charge in [-0.1, -0.05) is 17.8 Å². The molecular formula is C28H33FN6O4S. The normalized spacial score (nSPS) is 16.4. The lowest BCUT2D eigenvalue weighted by Crippen LogP contribution is -2.54. The monoisotopic (exact) mass is 568 g/mol. The average molecular weight is 569 g/mol. The molecule has 0 bridgehead atoms. The maximum Gasteiger partial charge on any atom is 0.410 e. The van der Waals surface area contributed by atoms with Crippen molar-refractivity contribution in [2.45, 2.75) is 49.8 Å². The first-order chi connectivity index (χ1) is 19.0. The van der Waals surface area contributed by atoms with E-state index >= 15 is 0 Å². The Labute approximate surface area is 236 Å². The number of amides is 2. The number of anilines is 2. The smallest absolute Gasteiger partial charge is 0.410 e. The van der Waals surface area contributed by atoms with Crippen molar-refractivity contribution in [1.29, 1.82) is 0 Å². The van der Waals surface area contributed by atoms with Crippen LogP contribution in [-0.2, 0) is 10.2 Å². The molecule has 3 aromatic rings. The topological polar surface area (TPSA) is 121 Å². The molecule has 212 valence electrons. The molecule has 0 saturated carbocycles. The number of para-hydroxylation sites is 1. The lowest BCUT2D eigenvalue weighted by Gasteiger charge is -2.43. The molecule has 1 fully saturated rings. The van der Waals surface area contributed by atoms with Gasteiger partial charge >= 0.3 is 6.09 Å². The van der Waals surface area contributed by atoms with Gasteiger partial charge in [0, 0.05) is 36.9 Å². The van der Waals surface area contributed by atoms with E-state index in [-0.39, 0.29) is 17.7 Å². The van der Waals surface area contributed by atoms with Crippen LogP contribution in [0.25, 0.3) is 11.4 Å².